The van der Waals surface area contributed by atoms with Crippen molar-refractivity contribution in [3.63, 3.8) is 0 Å². The van der Waals surface area contributed by atoms with Crippen molar-refractivity contribution in [1.29, 1.82) is 0 Å². The number of nitrogens with two attached hydrogens (primary N) is 1. The average Bonchev–Trinajstić information content (AvgIpc) is 2.60. The third-order valence-electron chi connectivity index (χ3n) is 3.61. The van der Waals surface area contributed by atoms with Crippen LogP contribution >= 0.6 is 0 Å². The highest BCUT2D eigenvalue weighted by molar-refractivity contribution is 5.91. The van der Waals surface area contributed by atoms with Crippen LogP contribution in [0.1, 0.15) is 6.92 Å². The Morgan fingerprint density at radius 1 is 1.55 bits per heavy atom. The second-order valence-electron chi connectivity index (χ2n) is 5.12. The van der Waals surface area contributed by atoms with Gasteiger partial charge in [-0.25, -0.2) is 9.38 Å². The summed E-state index contributed by atoms with van der Waals surface area (Å²) in [6.07, 6.45) is -1.77. The summed E-state index contributed by atoms with van der Waals surface area (Å²) < 4.78 is 18.4. The van der Waals surface area contributed by atoms with Crippen LogP contribution in [0.2, 0.25) is 0 Å². The summed E-state index contributed by atoms with van der Waals surface area (Å²) >= 11 is 0. The van der Waals surface area contributed by atoms with Crippen molar-refractivity contribution in [2.75, 3.05) is 13.3 Å². The predicted octanol–water partition coefficient (Wildman–Crippen LogP) is -2.38. The van der Waals surface area contributed by atoms with E-state index in [4.69, 9.17) is 10.5 Å². The van der Waals surface area contributed by atoms with Crippen molar-refractivity contribution in [3.8, 4) is 0 Å². The Balaban J connectivity index is 2.32. The second kappa shape index (κ2) is 4.93. The van der Waals surface area contributed by atoms with Crippen molar-refractivity contribution in [3.05, 3.63) is 12.3 Å². The summed E-state index contributed by atoms with van der Waals surface area (Å²) in [5.74, 6) is 0.0749. The number of aliphatic hydroxyl groups is 4. The number of aliphatic hydroxyl groups excluding tert-OH is 3. The largest absolute Gasteiger partial charge is 0.393 e. The maximum Gasteiger partial charge on any atom is 0.229 e. The zero-order chi connectivity index (χ0) is 15.1. The van der Waals surface area contributed by atoms with Crippen LogP contribution < -0.4 is 5.73 Å². The molecule has 1 saturated heterocycles. The van der Waals surface area contributed by atoms with Crippen LogP contribution in [-0.4, -0.2) is 74.3 Å². The highest BCUT2D eigenvalue weighted by atomic mass is 19.1. The minimum atomic E-state index is -1.95. The maximum atomic E-state index is 13.1. The van der Waals surface area contributed by atoms with E-state index < -0.39 is 43.2 Å². The number of amidine groups is 1. The fourth-order valence-electron chi connectivity index (χ4n) is 2.39. The topological polar surface area (TPSA) is 132 Å². The molecule has 0 radical (unpaired) electrons. The van der Waals surface area contributed by atoms with Crippen LogP contribution in [0.5, 0.6) is 0 Å². The quantitative estimate of drug-likeness (QED) is 0.392. The molecule has 0 aromatic rings. The van der Waals surface area contributed by atoms with E-state index in [2.05, 4.69) is 4.99 Å². The number of nitrogens with zero attached hydrogens (tertiary/aromatic N) is 2. The minimum absolute atomic E-state index is 0.0749. The predicted molar refractivity (Wildman–Crippen MR) is 65.9 cm³/mol. The lowest BCUT2D eigenvalue weighted by molar-refractivity contribution is -0.181. The second-order valence-corrected chi connectivity index (χ2v) is 5.12. The first-order chi connectivity index (χ1) is 9.28. The normalized spacial score (nSPS) is 44.8. The molecule has 9 heteroatoms. The van der Waals surface area contributed by atoms with Crippen molar-refractivity contribution >= 4 is 5.84 Å². The summed E-state index contributed by atoms with van der Waals surface area (Å²) in [5.41, 5.74) is 1.53. The van der Waals surface area contributed by atoms with E-state index in [1.807, 2.05) is 0 Å². The van der Waals surface area contributed by atoms with Gasteiger partial charge in [0.15, 0.2) is 11.8 Å². The van der Waals surface area contributed by atoms with Gasteiger partial charge in [-0.1, -0.05) is 0 Å². The average molecular weight is 291 g/mol. The zero-order valence-corrected chi connectivity index (χ0v) is 10.8. The lowest BCUT2D eigenvalue weighted by atomic mass is 9.88. The molecular weight excluding hydrogens is 273 g/mol. The van der Waals surface area contributed by atoms with E-state index in [9.17, 15) is 24.8 Å². The number of aliphatic imine (C=N–C) groups is 1. The zero-order valence-electron chi connectivity index (χ0n) is 10.8. The molecule has 2 aliphatic rings. The van der Waals surface area contributed by atoms with Crippen molar-refractivity contribution < 1.29 is 29.6 Å². The van der Waals surface area contributed by atoms with Crippen LogP contribution in [0.15, 0.2) is 17.3 Å². The van der Waals surface area contributed by atoms with Gasteiger partial charge in [-0.15, -0.1) is 0 Å². The number of hydrogen-bond acceptors (Lipinski definition) is 8. The van der Waals surface area contributed by atoms with Gasteiger partial charge in [0.1, 0.15) is 24.2 Å². The third-order valence-corrected chi connectivity index (χ3v) is 3.61. The highest BCUT2D eigenvalue weighted by Crippen LogP contribution is 2.41. The molecule has 6 N–H and O–H groups in total. The van der Waals surface area contributed by atoms with Crippen LogP contribution in [0.4, 0.5) is 4.39 Å². The summed E-state index contributed by atoms with van der Waals surface area (Å²) in [6, 6.07) is 0. The van der Waals surface area contributed by atoms with Gasteiger partial charge in [-0.3, -0.25) is 0 Å². The maximum absolute atomic E-state index is 13.1. The van der Waals surface area contributed by atoms with Crippen molar-refractivity contribution in [2.45, 2.75) is 36.8 Å². The number of alkyl halides is 1. The van der Waals surface area contributed by atoms with Crippen LogP contribution in [-0.2, 0) is 4.74 Å². The molecule has 5 unspecified atom stereocenters. The van der Waals surface area contributed by atoms with E-state index >= 15 is 0 Å². The molecule has 114 valence electrons. The monoisotopic (exact) mass is 291 g/mol. The molecule has 0 aliphatic carbocycles. The fourth-order valence-corrected chi connectivity index (χ4v) is 2.39. The highest BCUT2D eigenvalue weighted by Gasteiger charge is 2.63. The molecule has 0 aromatic heterocycles. The van der Waals surface area contributed by atoms with E-state index in [-0.39, 0.29) is 5.84 Å². The number of ether oxygens (including phenoxy) is 1. The first-order valence-corrected chi connectivity index (χ1v) is 6.00. The molecule has 0 aromatic carbocycles. The molecule has 0 bridgehead atoms. The molecule has 2 rings (SSSR count). The lowest BCUT2D eigenvalue weighted by Crippen LogP contribution is -2.56. The van der Waals surface area contributed by atoms with E-state index in [0.29, 0.717) is 0 Å². The Hall–Kier alpha value is -1.26. The van der Waals surface area contributed by atoms with E-state index in [1.165, 1.54) is 19.2 Å². The summed E-state index contributed by atoms with van der Waals surface area (Å²) in [7, 11) is 0. The first-order valence-electron chi connectivity index (χ1n) is 6.00. The van der Waals surface area contributed by atoms with Gasteiger partial charge in [0, 0.05) is 6.20 Å². The lowest BCUT2D eigenvalue weighted by Gasteiger charge is -2.37. The van der Waals surface area contributed by atoms with Gasteiger partial charge in [0.2, 0.25) is 6.35 Å². The van der Waals surface area contributed by atoms with Gasteiger partial charge < -0.3 is 35.8 Å². The van der Waals surface area contributed by atoms with Crippen LogP contribution in [0.25, 0.3) is 0 Å². The molecule has 5 atom stereocenters. The minimum Gasteiger partial charge on any atom is -0.393 e. The molecule has 1 fully saturated rings. The van der Waals surface area contributed by atoms with Crippen LogP contribution in [0.3, 0.4) is 0 Å². The molecule has 0 saturated carbocycles. The molecular formula is C11H18FN3O5. The number of hydrogen-bond donors (Lipinski definition) is 5. The summed E-state index contributed by atoms with van der Waals surface area (Å²) in [4.78, 5) is 4.73. The van der Waals surface area contributed by atoms with Gasteiger partial charge >= 0.3 is 0 Å². The molecule has 0 spiro atoms. The smallest absolute Gasteiger partial charge is 0.229 e. The summed E-state index contributed by atoms with van der Waals surface area (Å²) in [6.45, 7) is -0.801. The van der Waals surface area contributed by atoms with E-state index in [0.717, 1.165) is 4.90 Å². The van der Waals surface area contributed by atoms with Gasteiger partial charge in [-0.2, -0.15) is 0 Å². The van der Waals surface area contributed by atoms with Gasteiger partial charge in [0.25, 0.3) is 0 Å². The van der Waals surface area contributed by atoms with Crippen molar-refractivity contribution in [2.24, 2.45) is 10.7 Å². The third kappa shape index (κ3) is 2.07. The van der Waals surface area contributed by atoms with Gasteiger partial charge in [0.05, 0.1) is 6.61 Å². The Labute approximate surface area is 114 Å². The Morgan fingerprint density at radius 2 is 2.20 bits per heavy atom. The molecule has 2 aliphatic heterocycles. The number of rotatable bonds is 3. The standard InChI is InChI=1S/C11H18FN3O5/c1-10(19)7(17)11(4-12,5-16)20-8(10)15-3-2-6(13)14-9(15)18/h2-3,7-9,16-19H,4-5H2,1H3,(H2,13,14). The number of halogens is 1. The molecule has 20 heavy (non-hydrogen) atoms. The Morgan fingerprint density at radius 3 is 2.65 bits per heavy atom. The fraction of sp³-hybridized carbons (Fsp3) is 0.727. The molecule has 8 nitrogen and oxygen atoms in total. The molecule has 0 amide bonds. The Bertz CT molecular complexity index is 438. The SMILES string of the molecule is CC1(O)C(N2C=CC(N)=NC2O)OC(CO)(CF)C1O. The van der Waals surface area contributed by atoms with Crippen molar-refractivity contribution in [1.82, 2.24) is 4.90 Å². The van der Waals surface area contributed by atoms with Crippen LogP contribution in [0, 0.1) is 0 Å². The Kier molecular flexibility index (Phi) is 3.73. The van der Waals surface area contributed by atoms with E-state index in [1.54, 1.807) is 0 Å². The first kappa shape index (κ1) is 15.1. The van der Waals surface area contributed by atoms with Gasteiger partial charge in [-0.05, 0) is 13.0 Å². The molecule has 2 heterocycles. The summed E-state index contributed by atoms with van der Waals surface area (Å²) in [5, 5.41) is 39.4.